The number of amides is 1. The lowest BCUT2D eigenvalue weighted by Gasteiger charge is -2.34. The van der Waals surface area contributed by atoms with E-state index in [0.717, 1.165) is 12.8 Å². The molecule has 1 aliphatic rings. The average Bonchev–Trinajstić information content (AvgIpc) is 2.66. The molecule has 0 radical (unpaired) electrons. The maximum absolute atomic E-state index is 12.5. The van der Waals surface area contributed by atoms with Crippen molar-refractivity contribution in [1.29, 1.82) is 5.26 Å². The summed E-state index contributed by atoms with van der Waals surface area (Å²) in [6.07, 6.45) is 1.10. The van der Waals surface area contributed by atoms with Crippen molar-refractivity contribution in [3.05, 3.63) is 33.9 Å². The molecule has 8 nitrogen and oxygen atoms in total. The lowest BCUT2D eigenvalue weighted by Crippen LogP contribution is -2.42. The summed E-state index contributed by atoms with van der Waals surface area (Å²) in [5.41, 5.74) is 6.57. The zero-order valence-electron chi connectivity index (χ0n) is 17.1. The predicted molar refractivity (Wildman–Crippen MR) is 116 cm³/mol. The predicted octanol–water partition coefficient (Wildman–Crippen LogP) is 4.18. The smallest absolute Gasteiger partial charge is 0.410 e. The number of phenols is 1. The van der Waals surface area contributed by atoms with E-state index in [4.69, 9.17) is 10.5 Å². The van der Waals surface area contributed by atoms with Crippen molar-refractivity contribution in [1.82, 2.24) is 14.9 Å². The Morgan fingerprint density at radius 2 is 2.13 bits per heavy atom. The van der Waals surface area contributed by atoms with E-state index in [9.17, 15) is 15.2 Å². The Hall–Kier alpha value is -2.86. The van der Waals surface area contributed by atoms with Gasteiger partial charge in [0.2, 0.25) is 0 Å². The highest BCUT2D eigenvalue weighted by Crippen LogP contribution is 2.35. The second-order valence-corrected chi connectivity index (χ2v) is 9.15. The number of aromatic hydroxyl groups is 1. The summed E-state index contributed by atoms with van der Waals surface area (Å²) in [5, 5.41) is 19.9. The summed E-state index contributed by atoms with van der Waals surface area (Å²) in [6.45, 7) is 6.41. The molecule has 1 amide bonds. The SMILES string of the molecule is CC(C)(C)OC(=O)N1CCCC(c2nc(-c3ccc(Br)cc3O)nc(N)c2C#N)C1. The van der Waals surface area contributed by atoms with Crippen LogP contribution in [0.3, 0.4) is 0 Å². The molecule has 158 valence electrons. The minimum absolute atomic E-state index is 0.00143. The number of carbonyl (C=O) groups is 1. The number of piperidine rings is 1. The Bertz CT molecular complexity index is 1010. The third kappa shape index (κ3) is 4.82. The van der Waals surface area contributed by atoms with Crippen molar-refractivity contribution in [3.8, 4) is 23.2 Å². The van der Waals surface area contributed by atoms with Gasteiger partial charge in [-0.1, -0.05) is 15.9 Å². The molecule has 0 spiro atoms. The molecule has 1 aromatic carbocycles. The van der Waals surface area contributed by atoms with Gasteiger partial charge in [0.1, 0.15) is 28.8 Å². The molecular formula is C21H24BrN5O3. The zero-order valence-corrected chi connectivity index (χ0v) is 18.7. The second-order valence-electron chi connectivity index (χ2n) is 8.23. The number of nitrogen functional groups attached to an aromatic ring is 1. The number of halogens is 1. The Balaban J connectivity index is 1.97. The Morgan fingerprint density at radius 3 is 2.77 bits per heavy atom. The van der Waals surface area contributed by atoms with Gasteiger partial charge >= 0.3 is 6.09 Å². The van der Waals surface area contributed by atoms with Crippen LogP contribution in [0, 0.1) is 11.3 Å². The first kappa shape index (κ1) is 21.8. The van der Waals surface area contributed by atoms with Gasteiger partial charge in [0, 0.05) is 23.5 Å². The third-order valence-electron chi connectivity index (χ3n) is 4.74. The van der Waals surface area contributed by atoms with Crippen molar-refractivity contribution in [2.75, 3.05) is 18.8 Å². The molecule has 1 aliphatic heterocycles. The van der Waals surface area contributed by atoms with Gasteiger partial charge in [0.05, 0.1) is 11.3 Å². The summed E-state index contributed by atoms with van der Waals surface area (Å²) in [5.74, 6) is 0.0936. The lowest BCUT2D eigenvalue weighted by atomic mass is 9.92. The Morgan fingerprint density at radius 1 is 1.40 bits per heavy atom. The molecule has 0 bridgehead atoms. The molecular weight excluding hydrogens is 450 g/mol. The fourth-order valence-corrected chi connectivity index (χ4v) is 3.76. The second kappa shape index (κ2) is 8.48. The van der Waals surface area contributed by atoms with Crippen molar-refractivity contribution in [2.45, 2.75) is 45.1 Å². The molecule has 2 heterocycles. The van der Waals surface area contributed by atoms with Crippen LogP contribution in [0.5, 0.6) is 5.75 Å². The van der Waals surface area contributed by atoms with Crippen molar-refractivity contribution >= 4 is 27.8 Å². The normalized spacial score (nSPS) is 16.8. The van der Waals surface area contributed by atoms with E-state index in [-0.39, 0.29) is 28.9 Å². The van der Waals surface area contributed by atoms with E-state index in [1.165, 1.54) is 6.07 Å². The first-order chi connectivity index (χ1) is 14.1. The quantitative estimate of drug-likeness (QED) is 0.669. The summed E-state index contributed by atoms with van der Waals surface area (Å²) in [6, 6.07) is 7.07. The number of benzene rings is 1. The topological polar surface area (TPSA) is 125 Å². The van der Waals surface area contributed by atoms with Gasteiger partial charge in [-0.15, -0.1) is 0 Å². The molecule has 3 rings (SSSR count). The van der Waals surface area contributed by atoms with Crippen LogP contribution in [0.15, 0.2) is 22.7 Å². The first-order valence-corrected chi connectivity index (χ1v) is 10.4. The third-order valence-corrected chi connectivity index (χ3v) is 5.23. The maximum atomic E-state index is 12.5. The number of ether oxygens (including phenoxy) is 1. The van der Waals surface area contributed by atoms with Crippen LogP contribution in [0.2, 0.25) is 0 Å². The number of nitrogens with two attached hydrogens (primary N) is 1. The number of hydrogen-bond donors (Lipinski definition) is 2. The molecule has 0 saturated carbocycles. The summed E-state index contributed by atoms with van der Waals surface area (Å²) < 4.78 is 6.20. The van der Waals surface area contributed by atoms with Crippen LogP contribution >= 0.6 is 15.9 Å². The molecule has 9 heteroatoms. The number of likely N-dealkylation sites (tertiary alicyclic amines) is 1. The highest BCUT2D eigenvalue weighted by Gasteiger charge is 2.31. The van der Waals surface area contributed by atoms with Gasteiger partial charge in [-0.25, -0.2) is 14.8 Å². The van der Waals surface area contributed by atoms with Crippen LogP contribution in [0.1, 0.15) is 50.8 Å². The lowest BCUT2D eigenvalue weighted by molar-refractivity contribution is 0.0197. The Labute approximate surface area is 183 Å². The van der Waals surface area contributed by atoms with Gasteiger partial charge in [-0.3, -0.25) is 0 Å². The van der Waals surface area contributed by atoms with Crippen molar-refractivity contribution in [2.24, 2.45) is 0 Å². The number of aromatic nitrogens is 2. The minimum Gasteiger partial charge on any atom is -0.507 e. The summed E-state index contributed by atoms with van der Waals surface area (Å²) in [4.78, 5) is 23.0. The van der Waals surface area contributed by atoms with Gasteiger partial charge < -0.3 is 20.5 Å². The number of nitriles is 1. The molecule has 1 saturated heterocycles. The molecule has 2 aromatic rings. The molecule has 1 atom stereocenters. The van der Waals surface area contributed by atoms with E-state index in [1.54, 1.807) is 17.0 Å². The Kier molecular flexibility index (Phi) is 6.17. The standard InChI is InChI=1S/C21H24BrN5O3/c1-21(2,3)30-20(29)27-8-4-5-12(11-27)17-15(10-23)18(24)26-19(25-17)14-7-6-13(22)9-16(14)28/h6-7,9,12,28H,4-5,8,11H2,1-3H3,(H2,24,25,26). The highest BCUT2D eigenvalue weighted by atomic mass is 79.9. The molecule has 1 unspecified atom stereocenters. The van der Waals surface area contributed by atoms with Crippen LogP contribution in [-0.2, 0) is 4.74 Å². The van der Waals surface area contributed by atoms with Gasteiger partial charge in [-0.05, 0) is 51.8 Å². The monoisotopic (exact) mass is 473 g/mol. The van der Waals surface area contributed by atoms with Gasteiger partial charge in [0.15, 0.2) is 5.82 Å². The molecule has 1 fully saturated rings. The fraction of sp³-hybridized carbons (Fsp3) is 0.429. The average molecular weight is 474 g/mol. The van der Waals surface area contributed by atoms with Crippen LogP contribution in [0.4, 0.5) is 10.6 Å². The number of phenolic OH excluding ortho intramolecular Hbond substituents is 1. The molecule has 3 N–H and O–H groups in total. The number of hydrogen-bond acceptors (Lipinski definition) is 7. The van der Waals surface area contributed by atoms with E-state index < -0.39 is 11.7 Å². The summed E-state index contributed by atoms with van der Waals surface area (Å²) in [7, 11) is 0. The number of carbonyl (C=O) groups excluding carboxylic acids is 1. The largest absolute Gasteiger partial charge is 0.507 e. The molecule has 0 aliphatic carbocycles. The zero-order chi connectivity index (χ0) is 22.1. The molecule has 1 aromatic heterocycles. The molecule has 30 heavy (non-hydrogen) atoms. The number of anilines is 1. The first-order valence-electron chi connectivity index (χ1n) is 9.63. The maximum Gasteiger partial charge on any atom is 0.410 e. The van der Waals surface area contributed by atoms with Gasteiger partial charge in [-0.2, -0.15) is 5.26 Å². The highest BCUT2D eigenvalue weighted by molar-refractivity contribution is 9.10. The fourth-order valence-electron chi connectivity index (χ4n) is 3.41. The van der Waals surface area contributed by atoms with Crippen molar-refractivity contribution in [3.63, 3.8) is 0 Å². The van der Waals surface area contributed by atoms with E-state index in [1.807, 2.05) is 20.8 Å². The van der Waals surface area contributed by atoms with E-state index >= 15 is 0 Å². The number of rotatable bonds is 2. The van der Waals surface area contributed by atoms with E-state index in [2.05, 4.69) is 32.0 Å². The van der Waals surface area contributed by atoms with Crippen LogP contribution in [0.25, 0.3) is 11.4 Å². The van der Waals surface area contributed by atoms with E-state index in [0.29, 0.717) is 28.8 Å². The minimum atomic E-state index is -0.590. The summed E-state index contributed by atoms with van der Waals surface area (Å²) >= 11 is 3.31. The van der Waals surface area contributed by atoms with Gasteiger partial charge in [0.25, 0.3) is 0 Å². The van der Waals surface area contributed by atoms with Crippen LogP contribution < -0.4 is 5.73 Å². The van der Waals surface area contributed by atoms with Crippen molar-refractivity contribution < 1.29 is 14.6 Å². The number of nitrogens with zero attached hydrogens (tertiary/aromatic N) is 4. The van der Waals surface area contributed by atoms with Crippen LogP contribution in [-0.4, -0.2) is 44.8 Å².